The van der Waals surface area contributed by atoms with Gasteiger partial charge in [0.2, 0.25) is 5.91 Å². The summed E-state index contributed by atoms with van der Waals surface area (Å²) in [5.41, 5.74) is 0.846. The summed E-state index contributed by atoms with van der Waals surface area (Å²) < 4.78 is 28.6. The number of amides is 1. The Morgan fingerprint density at radius 1 is 1.33 bits per heavy atom. The molecule has 1 saturated heterocycles. The first-order valence-corrected chi connectivity index (χ1v) is 7.01. The minimum Gasteiger partial charge on any atom is -0.435 e. The second-order valence-corrected chi connectivity index (χ2v) is 5.33. The third kappa shape index (κ3) is 3.32. The van der Waals surface area contributed by atoms with Crippen LogP contribution in [0.15, 0.2) is 24.3 Å². The Labute approximate surface area is 123 Å². The monoisotopic (exact) mass is 298 g/mol. The molecule has 1 amide bonds. The van der Waals surface area contributed by atoms with E-state index < -0.39 is 6.61 Å². The fraction of sp³-hybridized carbons (Fsp3) is 0.533. The third-order valence-corrected chi connectivity index (χ3v) is 3.97. The van der Waals surface area contributed by atoms with Gasteiger partial charge in [-0.05, 0) is 23.6 Å². The van der Waals surface area contributed by atoms with Crippen LogP contribution in [0.5, 0.6) is 5.75 Å². The second-order valence-electron chi connectivity index (χ2n) is 5.33. The minimum absolute atomic E-state index is 0.0576. The predicted molar refractivity (Wildman–Crippen MR) is 75.0 cm³/mol. The lowest BCUT2D eigenvalue weighted by atomic mass is 9.99. The summed E-state index contributed by atoms with van der Waals surface area (Å²) in [6.07, 6.45) is 0.669. The van der Waals surface area contributed by atoms with Crippen LogP contribution in [-0.2, 0) is 4.79 Å². The summed E-state index contributed by atoms with van der Waals surface area (Å²) in [6, 6.07) is 6.15. The first-order valence-electron chi connectivity index (χ1n) is 7.01. The molecule has 1 aliphatic heterocycles. The summed E-state index contributed by atoms with van der Waals surface area (Å²) in [5.74, 6) is 0.410. The van der Waals surface area contributed by atoms with Crippen molar-refractivity contribution in [3.63, 3.8) is 0 Å². The summed E-state index contributed by atoms with van der Waals surface area (Å²) in [7, 11) is 1.74. The molecule has 3 unspecified atom stereocenters. The van der Waals surface area contributed by atoms with E-state index in [4.69, 9.17) is 0 Å². The topological polar surface area (TPSA) is 41.6 Å². The highest BCUT2D eigenvalue weighted by Gasteiger charge is 2.39. The smallest absolute Gasteiger partial charge is 0.387 e. The lowest BCUT2D eigenvalue weighted by Crippen LogP contribution is -2.35. The second kappa shape index (κ2) is 6.39. The summed E-state index contributed by atoms with van der Waals surface area (Å²) in [6.45, 7) is 1.24. The number of halogens is 2. The van der Waals surface area contributed by atoms with Crippen LogP contribution in [0.4, 0.5) is 8.78 Å². The van der Waals surface area contributed by atoms with Gasteiger partial charge in [-0.2, -0.15) is 8.78 Å². The van der Waals surface area contributed by atoms with Gasteiger partial charge in [-0.3, -0.25) is 10.1 Å². The molecule has 1 N–H and O–H groups in total. The van der Waals surface area contributed by atoms with Crippen molar-refractivity contribution in [3.8, 4) is 5.75 Å². The molecule has 1 aromatic rings. The quantitative estimate of drug-likeness (QED) is 0.909. The van der Waals surface area contributed by atoms with Gasteiger partial charge in [-0.15, -0.1) is 0 Å². The lowest BCUT2D eigenvalue weighted by Gasteiger charge is -2.20. The van der Waals surface area contributed by atoms with E-state index in [9.17, 15) is 13.6 Å². The largest absolute Gasteiger partial charge is 0.435 e. The summed E-state index contributed by atoms with van der Waals surface area (Å²) in [5, 5.41) is 3.31. The Morgan fingerprint density at radius 3 is 2.48 bits per heavy atom. The van der Waals surface area contributed by atoms with Crippen LogP contribution in [-0.4, -0.2) is 30.5 Å². The molecule has 4 nitrogen and oxygen atoms in total. The SMILES string of the molecule is CCC(C)C1NC(c2ccc(OC(F)F)cc2)N(C)C1=O. The van der Waals surface area contributed by atoms with Gasteiger partial charge < -0.3 is 9.64 Å². The molecule has 3 atom stereocenters. The number of nitrogens with zero attached hydrogens (tertiary/aromatic N) is 1. The van der Waals surface area contributed by atoms with Gasteiger partial charge in [0, 0.05) is 7.05 Å². The number of rotatable bonds is 5. The molecule has 1 heterocycles. The third-order valence-electron chi connectivity index (χ3n) is 3.97. The van der Waals surface area contributed by atoms with Crippen molar-refractivity contribution in [2.45, 2.75) is 39.1 Å². The molecule has 0 aliphatic carbocycles. The van der Waals surface area contributed by atoms with Crippen molar-refractivity contribution in [2.75, 3.05) is 7.05 Å². The maximum absolute atomic E-state index is 12.2. The fourth-order valence-electron chi connectivity index (χ4n) is 2.49. The lowest BCUT2D eigenvalue weighted by molar-refractivity contribution is -0.129. The van der Waals surface area contributed by atoms with Crippen molar-refractivity contribution in [1.29, 1.82) is 0 Å². The van der Waals surface area contributed by atoms with E-state index in [0.29, 0.717) is 0 Å². The highest BCUT2D eigenvalue weighted by atomic mass is 19.3. The van der Waals surface area contributed by atoms with Gasteiger partial charge in [0.1, 0.15) is 11.9 Å². The van der Waals surface area contributed by atoms with Crippen molar-refractivity contribution >= 4 is 5.91 Å². The van der Waals surface area contributed by atoms with Crippen molar-refractivity contribution in [3.05, 3.63) is 29.8 Å². The van der Waals surface area contributed by atoms with Crippen LogP contribution >= 0.6 is 0 Å². The van der Waals surface area contributed by atoms with E-state index in [-0.39, 0.29) is 29.8 Å². The zero-order valence-corrected chi connectivity index (χ0v) is 12.3. The number of alkyl halides is 2. The van der Waals surface area contributed by atoms with Crippen LogP contribution in [0.25, 0.3) is 0 Å². The van der Waals surface area contributed by atoms with Gasteiger partial charge >= 0.3 is 6.61 Å². The van der Waals surface area contributed by atoms with Crippen LogP contribution in [0.1, 0.15) is 32.0 Å². The molecular weight excluding hydrogens is 278 g/mol. The molecule has 0 aromatic heterocycles. The molecule has 0 radical (unpaired) electrons. The van der Waals surface area contributed by atoms with Gasteiger partial charge in [-0.25, -0.2) is 0 Å². The number of carbonyl (C=O) groups excluding carboxylic acids is 1. The van der Waals surface area contributed by atoms with E-state index in [2.05, 4.69) is 10.1 Å². The van der Waals surface area contributed by atoms with Crippen molar-refractivity contribution < 1.29 is 18.3 Å². The summed E-state index contributed by atoms with van der Waals surface area (Å²) in [4.78, 5) is 13.9. The number of nitrogens with one attached hydrogen (secondary N) is 1. The average molecular weight is 298 g/mol. The number of carbonyl (C=O) groups is 1. The van der Waals surface area contributed by atoms with Gasteiger partial charge in [-0.1, -0.05) is 32.4 Å². The molecule has 0 spiro atoms. The summed E-state index contributed by atoms with van der Waals surface area (Å²) >= 11 is 0. The van der Waals surface area contributed by atoms with E-state index in [1.165, 1.54) is 12.1 Å². The molecule has 21 heavy (non-hydrogen) atoms. The van der Waals surface area contributed by atoms with E-state index in [1.54, 1.807) is 24.1 Å². The van der Waals surface area contributed by atoms with Crippen LogP contribution < -0.4 is 10.1 Å². The minimum atomic E-state index is -2.83. The van der Waals surface area contributed by atoms with E-state index in [0.717, 1.165) is 12.0 Å². The first kappa shape index (κ1) is 15.7. The highest BCUT2D eigenvalue weighted by molar-refractivity contribution is 5.84. The standard InChI is InChI=1S/C15H20F2N2O2/c1-4-9(2)12-14(20)19(3)13(18-12)10-5-7-11(8-6-10)21-15(16)17/h5-9,12-13,15,18H,4H2,1-3H3. The molecule has 2 rings (SSSR count). The maximum atomic E-state index is 12.2. The zero-order chi connectivity index (χ0) is 15.6. The first-order chi connectivity index (χ1) is 9.93. The van der Waals surface area contributed by atoms with E-state index in [1.807, 2.05) is 13.8 Å². The molecule has 1 aromatic carbocycles. The Bertz CT molecular complexity index is 493. The van der Waals surface area contributed by atoms with Crippen molar-refractivity contribution in [2.24, 2.45) is 5.92 Å². The Morgan fingerprint density at radius 2 is 1.95 bits per heavy atom. The van der Waals surface area contributed by atoms with Gasteiger partial charge in [0.15, 0.2) is 0 Å². The Balaban J connectivity index is 2.13. The average Bonchev–Trinajstić information content (AvgIpc) is 2.75. The molecule has 1 fully saturated rings. The van der Waals surface area contributed by atoms with Crippen LogP contribution in [0.3, 0.4) is 0 Å². The number of hydrogen-bond acceptors (Lipinski definition) is 3. The van der Waals surface area contributed by atoms with Gasteiger partial charge in [0.25, 0.3) is 0 Å². The van der Waals surface area contributed by atoms with Crippen LogP contribution in [0.2, 0.25) is 0 Å². The highest BCUT2D eigenvalue weighted by Crippen LogP contribution is 2.28. The molecule has 1 aliphatic rings. The fourth-order valence-corrected chi connectivity index (χ4v) is 2.49. The molecule has 0 bridgehead atoms. The molecule has 6 heteroatoms. The molecule has 0 saturated carbocycles. The normalized spacial score (nSPS) is 23.7. The number of ether oxygens (including phenoxy) is 1. The van der Waals surface area contributed by atoms with Crippen molar-refractivity contribution in [1.82, 2.24) is 10.2 Å². The Hall–Kier alpha value is -1.69. The predicted octanol–water partition coefficient (Wildman–Crippen LogP) is 2.76. The van der Waals surface area contributed by atoms with E-state index >= 15 is 0 Å². The molecule has 116 valence electrons. The number of likely N-dealkylation sites (N-methyl/N-ethyl adjacent to an activating group) is 1. The number of hydrogen-bond donors (Lipinski definition) is 1. The number of benzene rings is 1. The maximum Gasteiger partial charge on any atom is 0.387 e. The molecular formula is C15H20F2N2O2. The Kier molecular flexibility index (Phi) is 4.77. The van der Waals surface area contributed by atoms with Gasteiger partial charge in [0.05, 0.1) is 6.04 Å². The zero-order valence-electron chi connectivity index (χ0n) is 12.3. The van der Waals surface area contributed by atoms with Crippen LogP contribution in [0, 0.1) is 5.92 Å².